The molecule has 1 amide bonds. The molecule has 3 aromatic heterocycles. The molecule has 0 bridgehead atoms. The number of nitrogens with zero attached hydrogens (tertiary/aromatic N) is 6. The van der Waals surface area contributed by atoms with Gasteiger partial charge in [-0.3, -0.25) is 14.8 Å². The van der Waals surface area contributed by atoms with Crippen molar-refractivity contribution in [2.45, 2.75) is 57.7 Å². The summed E-state index contributed by atoms with van der Waals surface area (Å²) in [5.41, 5.74) is 0.852. The van der Waals surface area contributed by atoms with Gasteiger partial charge in [0.2, 0.25) is 16.2 Å². The molecule has 0 aliphatic carbocycles. The highest BCUT2D eigenvalue weighted by molar-refractivity contribution is 7.15. The van der Waals surface area contributed by atoms with Gasteiger partial charge in [-0.25, -0.2) is 0 Å². The Morgan fingerprint density at radius 1 is 1.11 bits per heavy atom. The van der Waals surface area contributed by atoms with Crippen molar-refractivity contribution in [3.63, 3.8) is 0 Å². The molecule has 0 fully saturated rings. The first-order valence-electron chi connectivity index (χ1n) is 11.5. The summed E-state index contributed by atoms with van der Waals surface area (Å²) in [5, 5.41) is 35.8. The maximum absolute atomic E-state index is 12.2. The molecule has 1 aliphatic rings. The van der Waals surface area contributed by atoms with Crippen LogP contribution in [-0.2, 0) is 24.1 Å². The zero-order valence-electron chi connectivity index (χ0n) is 19.4. The summed E-state index contributed by atoms with van der Waals surface area (Å²) in [4.78, 5) is 20.5. The van der Waals surface area contributed by atoms with Gasteiger partial charge in [0.1, 0.15) is 16.2 Å². The zero-order chi connectivity index (χ0) is 24.5. The van der Waals surface area contributed by atoms with E-state index in [-0.39, 0.29) is 24.3 Å². The highest BCUT2D eigenvalue weighted by atomic mass is 32.1. The summed E-state index contributed by atoms with van der Waals surface area (Å²) < 4.78 is 0. The Morgan fingerprint density at radius 2 is 1.86 bits per heavy atom. The second-order valence-corrected chi connectivity index (χ2v) is 10.4. The second-order valence-electron chi connectivity index (χ2n) is 8.28. The summed E-state index contributed by atoms with van der Waals surface area (Å²) >= 11 is 2.86. The normalized spacial score (nSPS) is 17.9. The Morgan fingerprint density at radius 3 is 2.57 bits per heavy atom. The van der Waals surface area contributed by atoms with E-state index in [1.165, 1.54) is 22.7 Å². The molecular weight excluding hydrogens is 484 g/mol. The van der Waals surface area contributed by atoms with E-state index in [4.69, 9.17) is 0 Å². The molecule has 3 aromatic rings. The molecule has 12 heteroatoms. The lowest BCUT2D eigenvalue weighted by Gasteiger charge is -2.22. The van der Waals surface area contributed by atoms with Crippen molar-refractivity contribution < 1.29 is 9.90 Å². The van der Waals surface area contributed by atoms with Crippen LogP contribution in [0.25, 0.3) is 0 Å². The molecule has 3 atom stereocenters. The molecule has 0 radical (unpaired) electrons. The third-order valence-corrected chi connectivity index (χ3v) is 7.28. The first-order valence-corrected chi connectivity index (χ1v) is 13.2. The van der Waals surface area contributed by atoms with Gasteiger partial charge in [-0.15, -0.1) is 20.4 Å². The fourth-order valence-corrected chi connectivity index (χ4v) is 5.23. The predicted molar refractivity (Wildman–Crippen MR) is 138 cm³/mol. The number of aromatic nitrogens is 5. The Hall–Kier alpha value is -3.09. The fourth-order valence-electron chi connectivity index (χ4n) is 3.61. The summed E-state index contributed by atoms with van der Waals surface area (Å²) in [7, 11) is 0. The lowest BCUT2D eigenvalue weighted by atomic mass is 9.95. The van der Waals surface area contributed by atoms with Crippen molar-refractivity contribution in [1.82, 2.24) is 25.4 Å². The third-order valence-electron chi connectivity index (χ3n) is 5.47. The van der Waals surface area contributed by atoms with E-state index in [9.17, 15) is 9.90 Å². The quantitative estimate of drug-likeness (QED) is 0.248. The van der Waals surface area contributed by atoms with E-state index >= 15 is 0 Å². The number of anilines is 2. The number of pyridine rings is 1. The number of amides is 1. The van der Waals surface area contributed by atoms with Crippen molar-refractivity contribution in [1.29, 1.82) is 0 Å². The number of aliphatic hydroxyl groups is 1. The van der Waals surface area contributed by atoms with E-state index in [2.05, 4.69) is 47.1 Å². The van der Waals surface area contributed by atoms with Crippen molar-refractivity contribution in [3.05, 3.63) is 52.3 Å². The molecule has 0 saturated carbocycles. The molecule has 35 heavy (non-hydrogen) atoms. The minimum atomic E-state index is -0.697. The van der Waals surface area contributed by atoms with Crippen LogP contribution in [0.4, 0.5) is 10.3 Å². The summed E-state index contributed by atoms with van der Waals surface area (Å²) in [6, 6.07) is 3.83. The van der Waals surface area contributed by atoms with Crippen molar-refractivity contribution in [2.75, 3.05) is 10.6 Å². The van der Waals surface area contributed by atoms with Crippen molar-refractivity contribution in [2.24, 2.45) is 10.9 Å². The zero-order valence-corrected chi connectivity index (χ0v) is 21.0. The molecule has 3 N–H and O–H groups in total. The van der Waals surface area contributed by atoms with E-state index in [0.717, 1.165) is 41.3 Å². The number of rotatable bonds is 12. The number of nitrogens with one attached hydrogen (secondary N) is 2. The second kappa shape index (κ2) is 12.6. The molecule has 0 aromatic carbocycles. The number of aliphatic hydroxyl groups excluding tert-OH is 1. The van der Waals surface area contributed by atoms with Gasteiger partial charge in [-0.05, 0) is 37.5 Å². The topological polar surface area (TPSA) is 138 Å². The number of aryl methyl sites for hydroxylation is 2. The lowest BCUT2D eigenvalue weighted by molar-refractivity contribution is -0.115. The SMILES string of the molecule is CC1N=CC=CC1CC(O)Nc1nnc(CCCCc2nnc(NC(=O)Cc3cccnc3)s2)s1. The smallest absolute Gasteiger partial charge is 0.230 e. The van der Waals surface area contributed by atoms with Gasteiger partial charge in [-0.1, -0.05) is 34.8 Å². The first kappa shape index (κ1) is 25.0. The fraction of sp³-hybridized carbons (Fsp3) is 0.435. The largest absolute Gasteiger partial charge is 0.374 e. The number of hydrogen-bond acceptors (Lipinski definition) is 11. The molecule has 0 spiro atoms. The van der Waals surface area contributed by atoms with Gasteiger partial charge in [-0.2, -0.15) is 0 Å². The molecule has 0 saturated heterocycles. The van der Waals surface area contributed by atoms with Gasteiger partial charge >= 0.3 is 0 Å². The van der Waals surface area contributed by atoms with Crippen molar-refractivity contribution in [3.8, 4) is 0 Å². The van der Waals surface area contributed by atoms with Crippen LogP contribution in [0.5, 0.6) is 0 Å². The molecule has 3 unspecified atom stereocenters. The minimum absolute atomic E-state index is 0.135. The maximum Gasteiger partial charge on any atom is 0.230 e. The Bertz CT molecular complexity index is 1150. The van der Waals surface area contributed by atoms with Crippen LogP contribution in [0.2, 0.25) is 0 Å². The lowest BCUT2D eigenvalue weighted by Crippen LogP contribution is -2.27. The number of hydrogen-bond donors (Lipinski definition) is 3. The monoisotopic (exact) mass is 512 g/mol. The summed E-state index contributed by atoms with van der Waals surface area (Å²) in [5.74, 6) is 0.0648. The minimum Gasteiger partial charge on any atom is -0.374 e. The predicted octanol–water partition coefficient (Wildman–Crippen LogP) is 3.30. The molecule has 10 nitrogen and oxygen atoms in total. The standard InChI is InChI=1S/C23H28N8O2S2/c1-15-17(7-5-11-25-15)13-19(33)27-23-31-29-21(35-23)9-3-2-8-20-28-30-22(34-20)26-18(32)12-16-6-4-10-24-14-16/h4-7,10-11,14-15,17,19,33H,2-3,8-9,12-13H2,1H3,(H,27,31)(H,26,30,32). The van der Waals surface area contributed by atoms with Crippen LogP contribution in [0.1, 0.15) is 41.8 Å². The van der Waals surface area contributed by atoms with Gasteiger partial charge in [0.15, 0.2) is 0 Å². The van der Waals surface area contributed by atoms with Gasteiger partial charge in [0, 0.05) is 43.8 Å². The maximum atomic E-state index is 12.2. The number of dihydropyridines is 1. The summed E-state index contributed by atoms with van der Waals surface area (Å²) in [6.45, 7) is 2.04. The number of carbonyl (C=O) groups is 1. The first-order chi connectivity index (χ1) is 17.0. The average molecular weight is 513 g/mol. The Kier molecular flexibility index (Phi) is 8.98. The Labute approximate surface area is 211 Å². The highest BCUT2D eigenvalue weighted by Crippen LogP contribution is 2.23. The molecule has 4 heterocycles. The number of carbonyl (C=O) groups excluding carboxylic acids is 1. The van der Waals surface area contributed by atoms with E-state index in [1.807, 2.05) is 19.1 Å². The van der Waals surface area contributed by atoms with Crippen LogP contribution in [0, 0.1) is 5.92 Å². The van der Waals surface area contributed by atoms with Crippen LogP contribution < -0.4 is 10.6 Å². The van der Waals surface area contributed by atoms with Gasteiger partial charge in [0.05, 0.1) is 12.5 Å². The summed E-state index contributed by atoms with van der Waals surface area (Å²) in [6.07, 6.45) is 12.7. The third kappa shape index (κ3) is 7.98. The number of aliphatic imine (C=N–C) groups is 1. The van der Waals surface area contributed by atoms with Gasteiger partial charge in [0.25, 0.3) is 0 Å². The molecule has 4 rings (SSSR count). The van der Waals surface area contributed by atoms with Crippen LogP contribution >= 0.6 is 22.7 Å². The van der Waals surface area contributed by atoms with Crippen LogP contribution in [0.3, 0.4) is 0 Å². The average Bonchev–Trinajstić information content (AvgIpc) is 3.48. The van der Waals surface area contributed by atoms with Gasteiger partial charge < -0.3 is 15.7 Å². The van der Waals surface area contributed by atoms with Crippen molar-refractivity contribution >= 4 is 45.1 Å². The molecule has 184 valence electrons. The van der Waals surface area contributed by atoms with E-state index in [1.54, 1.807) is 24.7 Å². The molecular formula is C23H28N8O2S2. The van der Waals surface area contributed by atoms with E-state index in [0.29, 0.717) is 16.7 Å². The van der Waals surface area contributed by atoms with Crippen LogP contribution in [0.15, 0.2) is 41.7 Å². The molecule has 1 aliphatic heterocycles. The number of allylic oxidation sites excluding steroid dienone is 1. The Balaban J connectivity index is 1.14. The number of unbranched alkanes of at least 4 members (excludes halogenated alkanes) is 1. The van der Waals surface area contributed by atoms with E-state index < -0.39 is 6.23 Å². The highest BCUT2D eigenvalue weighted by Gasteiger charge is 2.20. The van der Waals surface area contributed by atoms with Crippen LogP contribution in [-0.4, -0.2) is 54.9 Å².